The molecule has 0 aliphatic carbocycles. The van der Waals surface area contributed by atoms with Crippen LogP contribution < -0.4 is 5.73 Å². The minimum atomic E-state index is -0.255. The maximum atomic E-state index is 13.0. The number of H-pyrrole nitrogens is 1. The molecule has 2 aromatic rings. The van der Waals surface area contributed by atoms with E-state index < -0.39 is 0 Å². The number of benzene rings is 1. The van der Waals surface area contributed by atoms with E-state index in [0.29, 0.717) is 13.0 Å². The van der Waals surface area contributed by atoms with Crippen LogP contribution in [0.4, 0.5) is 4.39 Å². The van der Waals surface area contributed by atoms with Crippen LogP contribution in [0.3, 0.4) is 0 Å². The summed E-state index contributed by atoms with van der Waals surface area (Å²) in [6.07, 6.45) is 2.32. The van der Waals surface area contributed by atoms with Gasteiger partial charge in [-0.2, -0.15) is 0 Å². The van der Waals surface area contributed by atoms with E-state index in [1.165, 1.54) is 12.1 Å². The summed E-state index contributed by atoms with van der Waals surface area (Å²) in [5, 5.41) is 0. The molecule has 0 aliphatic rings. The first-order chi connectivity index (χ1) is 7.31. The van der Waals surface area contributed by atoms with E-state index in [0.717, 1.165) is 17.0 Å². The van der Waals surface area contributed by atoms with E-state index in [9.17, 15) is 4.39 Å². The Bertz CT molecular complexity index is 451. The van der Waals surface area contributed by atoms with Gasteiger partial charge >= 0.3 is 0 Å². The highest BCUT2D eigenvalue weighted by molar-refractivity contribution is 5.61. The predicted octanol–water partition coefficient (Wildman–Crippen LogP) is 1.72. The molecule has 78 valence electrons. The van der Waals surface area contributed by atoms with Crippen molar-refractivity contribution in [3.05, 3.63) is 42.1 Å². The molecule has 0 saturated heterocycles. The fourth-order valence-electron chi connectivity index (χ4n) is 1.54. The summed E-state index contributed by atoms with van der Waals surface area (Å²) < 4.78 is 13.0. The van der Waals surface area contributed by atoms with Crippen LogP contribution in [0, 0.1) is 5.82 Å². The number of nitrogens with one attached hydrogen (secondary N) is 1. The summed E-state index contributed by atoms with van der Waals surface area (Å²) >= 11 is 0. The molecule has 1 aromatic heterocycles. The van der Waals surface area contributed by atoms with Crippen molar-refractivity contribution in [1.29, 1.82) is 0 Å². The van der Waals surface area contributed by atoms with E-state index >= 15 is 0 Å². The van der Waals surface area contributed by atoms with Gasteiger partial charge in [-0.05, 0) is 18.7 Å². The Morgan fingerprint density at radius 1 is 1.40 bits per heavy atom. The van der Waals surface area contributed by atoms with Crippen LogP contribution in [-0.2, 0) is 6.42 Å². The Morgan fingerprint density at radius 3 is 3.00 bits per heavy atom. The van der Waals surface area contributed by atoms with Crippen molar-refractivity contribution in [1.82, 2.24) is 9.97 Å². The van der Waals surface area contributed by atoms with Crippen molar-refractivity contribution >= 4 is 0 Å². The van der Waals surface area contributed by atoms with E-state index in [4.69, 9.17) is 5.73 Å². The smallest absolute Gasteiger partial charge is 0.123 e. The summed E-state index contributed by atoms with van der Waals surface area (Å²) in [6, 6.07) is 6.39. The second-order valence-corrected chi connectivity index (χ2v) is 3.28. The Morgan fingerprint density at radius 2 is 2.27 bits per heavy atom. The lowest BCUT2D eigenvalue weighted by atomic mass is 10.1. The maximum absolute atomic E-state index is 13.0. The fourth-order valence-corrected chi connectivity index (χ4v) is 1.54. The summed E-state index contributed by atoms with van der Waals surface area (Å²) in [5.41, 5.74) is 7.98. The molecule has 3 N–H and O–H groups in total. The third-order valence-corrected chi connectivity index (χ3v) is 2.21. The largest absolute Gasteiger partial charge is 0.348 e. The number of hydrogen-bond acceptors (Lipinski definition) is 2. The lowest BCUT2D eigenvalue weighted by Crippen LogP contribution is -2.04. The first-order valence-electron chi connectivity index (χ1n) is 4.79. The lowest BCUT2D eigenvalue weighted by Gasteiger charge is -2.01. The molecule has 0 bridgehead atoms. The molecule has 0 atom stereocenters. The first kappa shape index (κ1) is 9.86. The number of nitrogens with two attached hydrogens (primary N) is 1. The molecule has 0 spiro atoms. The summed E-state index contributed by atoms with van der Waals surface area (Å²) in [6.45, 7) is 0.546. The normalized spacial score (nSPS) is 10.5. The van der Waals surface area contributed by atoms with E-state index in [2.05, 4.69) is 9.97 Å². The molecular formula is C11H12FN3. The molecule has 0 radical (unpaired) electrons. The maximum Gasteiger partial charge on any atom is 0.123 e. The monoisotopic (exact) mass is 205 g/mol. The van der Waals surface area contributed by atoms with Gasteiger partial charge in [-0.25, -0.2) is 9.37 Å². The third kappa shape index (κ3) is 2.05. The van der Waals surface area contributed by atoms with Gasteiger partial charge in [0.05, 0.1) is 12.0 Å². The number of halogens is 1. The average molecular weight is 205 g/mol. The van der Waals surface area contributed by atoms with Crippen LogP contribution in [0.15, 0.2) is 30.6 Å². The molecule has 0 amide bonds. The van der Waals surface area contributed by atoms with Crippen molar-refractivity contribution in [2.45, 2.75) is 6.42 Å². The topological polar surface area (TPSA) is 54.7 Å². The molecule has 1 aromatic carbocycles. The van der Waals surface area contributed by atoms with E-state index in [-0.39, 0.29) is 5.82 Å². The van der Waals surface area contributed by atoms with Crippen LogP contribution in [0.1, 0.15) is 5.69 Å². The van der Waals surface area contributed by atoms with Crippen LogP contribution >= 0.6 is 0 Å². The van der Waals surface area contributed by atoms with Crippen LogP contribution in [0.2, 0.25) is 0 Å². The minimum absolute atomic E-state index is 0.255. The molecule has 15 heavy (non-hydrogen) atoms. The van der Waals surface area contributed by atoms with Crippen molar-refractivity contribution in [2.75, 3.05) is 6.54 Å². The number of hydrogen-bond donors (Lipinski definition) is 2. The van der Waals surface area contributed by atoms with Gasteiger partial charge in [-0.3, -0.25) is 0 Å². The van der Waals surface area contributed by atoms with Crippen molar-refractivity contribution in [3.63, 3.8) is 0 Å². The van der Waals surface area contributed by atoms with Crippen LogP contribution in [0.25, 0.3) is 11.3 Å². The zero-order valence-corrected chi connectivity index (χ0v) is 8.20. The van der Waals surface area contributed by atoms with E-state index in [1.807, 2.05) is 6.07 Å². The number of nitrogens with zero attached hydrogens (tertiary/aromatic N) is 1. The second-order valence-electron chi connectivity index (χ2n) is 3.28. The molecular weight excluding hydrogens is 193 g/mol. The molecule has 1 heterocycles. The van der Waals surface area contributed by atoms with Gasteiger partial charge in [-0.1, -0.05) is 12.1 Å². The van der Waals surface area contributed by atoms with Crippen LogP contribution in [0.5, 0.6) is 0 Å². The zero-order chi connectivity index (χ0) is 10.7. The molecule has 0 unspecified atom stereocenters. The lowest BCUT2D eigenvalue weighted by molar-refractivity contribution is 0.628. The van der Waals surface area contributed by atoms with Gasteiger partial charge in [0.15, 0.2) is 0 Å². The molecule has 0 saturated carbocycles. The van der Waals surface area contributed by atoms with Crippen LogP contribution in [-0.4, -0.2) is 16.5 Å². The predicted molar refractivity (Wildman–Crippen MR) is 56.7 cm³/mol. The summed E-state index contributed by atoms with van der Waals surface area (Å²) in [5.74, 6) is -0.255. The highest BCUT2D eigenvalue weighted by Crippen LogP contribution is 2.20. The minimum Gasteiger partial charge on any atom is -0.348 e. The molecule has 0 fully saturated rings. The molecule has 0 aliphatic heterocycles. The highest BCUT2D eigenvalue weighted by Gasteiger charge is 2.07. The Hall–Kier alpha value is -1.68. The number of aromatic nitrogens is 2. The summed E-state index contributed by atoms with van der Waals surface area (Å²) in [4.78, 5) is 7.18. The Kier molecular flexibility index (Phi) is 2.78. The van der Waals surface area contributed by atoms with Gasteiger partial charge in [0.1, 0.15) is 5.82 Å². The Labute approximate surface area is 87.2 Å². The van der Waals surface area contributed by atoms with Gasteiger partial charge in [-0.15, -0.1) is 0 Å². The van der Waals surface area contributed by atoms with Gasteiger partial charge < -0.3 is 10.7 Å². The van der Waals surface area contributed by atoms with Gasteiger partial charge in [0.2, 0.25) is 0 Å². The fraction of sp³-hybridized carbons (Fsp3) is 0.182. The van der Waals surface area contributed by atoms with Crippen molar-refractivity contribution in [2.24, 2.45) is 5.73 Å². The van der Waals surface area contributed by atoms with Crippen molar-refractivity contribution in [3.8, 4) is 11.3 Å². The Balaban J connectivity index is 2.40. The quantitative estimate of drug-likeness (QED) is 0.801. The van der Waals surface area contributed by atoms with Gasteiger partial charge in [0.25, 0.3) is 0 Å². The van der Waals surface area contributed by atoms with E-state index in [1.54, 1.807) is 12.4 Å². The van der Waals surface area contributed by atoms with Crippen molar-refractivity contribution < 1.29 is 4.39 Å². The number of rotatable bonds is 3. The SMILES string of the molecule is NCCc1[nH]cnc1-c1cccc(F)c1. The zero-order valence-electron chi connectivity index (χ0n) is 8.20. The number of aromatic amines is 1. The first-order valence-corrected chi connectivity index (χ1v) is 4.79. The molecule has 3 nitrogen and oxygen atoms in total. The highest BCUT2D eigenvalue weighted by atomic mass is 19.1. The summed E-state index contributed by atoms with van der Waals surface area (Å²) in [7, 11) is 0. The van der Waals surface area contributed by atoms with Gasteiger partial charge in [0, 0.05) is 17.7 Å². The second kappa shape index (κ2) is 4.23. The standard InChI is InChI=1S/C11H12FN3/c12-9-3-1-2-8(6-9)11-10(4-5-13)14-7-15-11/h1-3,6-7H,4-5,13H2,(H,14,15). The molecule has 2 rings (SSSR count). The molecule has 4 heteroatoms. The third-order valence-electron chi connectivity index (χ3n) is 2.21. The average Bonchev–Trinajstić information content (AvgIpc) is 2.66. The number of imidazole rings is 1.